The van der Waals surface area contributed by atoms with Gasteiger partial charge in [0.05, 0.1) is 21.3 Å². The van der Waals surface area contributed by atoms with E-state index in [1.807, 2.05) is 52.0 Å². The van der Waals surface area contributed by atoms with E-state index in [1.165, 1.54) is 0 Å². The highest BCUT2D eigenvalue weighted by Gasteiger charge is 2.31. The molecule has 0 fully saturated rings. The maximum Gasteiger partial charge on any atom is 0.261 e. The second-order valence-corrected chi connectivity index (χ2v) is 8.87. The van der Waals surface area contributed by atoms with Gasteiger partial charge in [0.25, 0.3) is 5.91 Å². The van der Waals surface area contributed by atoms with Crippen molar-refractivity contribution in [2.75, 3.05) is 27.9 Å². The first-order chi connectivity index (χ1) is 16.1. The van der Waals surface area contributed by atoms with E-state index in [0.717, 1.165) is 5.56 Å². The summed E-state index contributed by atoms with van der Waals surface area (Å²) in [6.07, 6.45) is 0.449. The lowest BCUT2D eigenvalue weighted by Crippen LogP contribution is -2.54. The summed E-state index contributed by atoms with van der Waals surface area (Å²) in [7, 11) is 4.67. The number of methoxy groups -OCH3 is 3. The first kappa shape index (κ1) is 26.8. The first-order valence-electron chi connectivity index (χ1n) is 11.2. The Bertz CT molecular complexity index is 948. The average molecular weight is 473 g/mol. The molecule has 2 aromatic carbocycles. The number of hydrogen-bond acceptors (Lipinski definition) is 6. The molecule has 2 rings (SSSR count). The Morgan fingerprint density at radius 3 is 2.03 bits per heavy atom. The monoisotopic (exact) mass is 472 g/mol. The molecule has 2 amide bonds. The van der Waals surface area contributed by atoms with Gasteiger partial charge in [-0.2, -0.15) is 0 Å². The van der Waals surface area contributed by atoms with E-state index in [4.69, 9.17) is 18.9 Å². The van der Waals surface area contributed by atoms with Gasteiger partial charge in [-0.1, -0.05) is 19.1 Å². The standard InChI is InChI=1S/C26H36N2O6/c1-8-23(25(30)27-26(2,3)4)28(16-18-10-9-11-19(12-18)31-5)24(29)17-34-22-14-20(32-6)13-21(15-22)33-7/h9-15,23H,8,16-17H2,1-7H3,(H,27,30)/t23-/m0/s1. The number of ether oxygens (including phenoxy) is 4. The average Bonchev–Trinajstić information content (AvgIpc) is 2.81. The van der Waals surface area contributed by atoms with E-state index < -0.39 is 11.6 Å². The summed E-state index contributed by atoms with van der Waals surface area (Å²) in [6, 6.07) is 11.8. The van der Waals surface area contributed by atoms with Crippen molar-refractivity contribution < 1.29 is 28.5 Å². The fraction of sp³-hybridized carbons (Fsp3) is 0.462. The molecule has 186 valence electrons. The third kappa shape index (κ3) is 7.86. The number of hydrogen-bond donors (Lipinski definition) is 1. The molecule has 0 spiro atoms. The van der Waals surface area contributed by atoms with Crippen molar-refractivity contribution in [1.82, 2.24) is 10.2 Å². The number of nitrogens with zero attached hydrogens (tertiary/aromatic N) is 1. The number of benzene rings is 2. The van der Waals surface area contributed by atoms with Crippen LogP contribution < -0.4 is 24.3 Å². The maximum absolute atomic E-state index is 13.4. The maximum atomic E-state index is 13.4. The summed E-state index contributed by atoms with van der Waals surface area (Å²) >= 11 is 0. The third-order valence-corrected chi connectivity index (χ3v) is 5.06. The van der Waals surface area contributed by atoms with Crippen molar-refractivity contribution in [3.05, 3.63) is 48.0 Å². The van der Waals surface area contributed by atoms with E-state index in [-0.39, 0.29) is 25.0 Å². The minimum absolute atomic E-state index is 0.214. The molecular formula is C26H36N2O6. The van der Waals surface area contributed by atoms with Gasteiger partial charge in [0.2, 0.25) is 5.91 Å². The Kier molecular flexibility index (Phi) is 9.59. The quantitative estimate of drug-likeness (QED) is 0.535. The van der Waals surface area contributed by atoms with Gasteiger partial charge in [-0.25, -0.2) is 0 Å². The van der Waals surface area contributed by atoms with Crippen LogP contribution >= 0.6 is 0 Å². The summed E-state index contributed by atoms with van der Waals surface area (Å²) in [5.41, 5.74) is 0.417. The van der Waals surface area contributed by atoms with Gasteiger partial charge in [-0.15, -0.1) is 0 Å². The van der Waals surface area contributed by atoms with Crippen LogP contribution in [0, 0.1) is 0 Å². The molecule has 0 aliphatic rings. The number of carbonyl (C=O) groups excluding carboxylic acids is 2. The van der Waals surface area contributed by atoms with Crippen LogP contribution in [0.1, 0.15) is 39.7 Å². The Labute approximate surface area is 202 Å². The molecule has 0 unspecified atom stereocenters. The Balaban J connectivity index is 2.29. The predicted octanol–water partition coefficient (Wildman–Crippen LogP) is 3.81. The molecule has 1 atom stereocenters. The van der Waals surface area contributed by atoms with E-state index in [9.17, 15) is 9.59 Å². The minimum atomic E-state index is -0.665. The van der Waals surface area contributed by atoms with Crippen molar-refractivity contribution in [2.24, 2.45) is 0 Å². The van der Waals surface area contributed by atoms with Gasteiger partial charge in [-0.3, -0.25) is 9.59 Å². The normalized spacial score (nSPS) is 11.9. The van der Waals surface area contributed by atoms with Crippen LogP contribution in [-0.2, 0) is 16.1 Å². The van der Waals surface area contributed by atoms with Gasteiger partial charge in [0.15, 0.2) is 6.61 Å². The zero-order valence-electron chi connectivity index (χ0n) is 21.1. The van der Waals surface area contributed by atoms with Crippen LogP contribution in [0.15, 0.2) is 42.5 Å². The summed E-state index contributed by atoms with van der Waals surface area (Å²) in [5.74, 6) is 1.67. The number of nitrogens with one attached hydrogen (secondary N) is 1. The van der Waals surface area contributed by atoms with Crippen LogP contribution in [0.2, 0.25) is 0 Å². The molecule has 8 nitrogen and oxygen atoms in total. The molecule has 0 aromatic heterocycles. The minimum Gasteiger partial charge on any atom is -0.497 e. The number of rotatable bonds is 11. The van der Waals surface area contributed by atoms with E-state index in [1.54, 1.807) is 44.4 Å². The van der Waals surface area contributed by atoms with Gasteiger partial charge in [0, 0.05) is 30.3 Å². The zero-order chi connectivity index (χ0) is 25.3. The summed E-state index contributed by atoms with van der Waals surface area (Å²) < 4.78 is 21.6. The van der Waals surface area contributed by atoms with Crippen LogP contribution in [0.3, 0.4) is 0 Å². The van der Waals surface area contributed by atoms with Crippen molar-refractivity contribution in [2.45, 2.75) is 52.2 Å². The smallest absolute Gasteiger partial charge is 0.261 e. The second-order valence-electron chi connectivity index (χ2n) is 8.87. The number of carbonyl (C=O) groups is 2. The highest BCUT2D eigenvalue weighted by molar-refractivity contribution is 5.88. The molecule has 34 heavy (non-hydrogen) atoms. The molecule has 2 aromatic rings. The second kappa shape index (κ2) is 12.2. The Morgan fingerprint density at radius 1 is 0.912 bits per heavy atom. The SMILES string of the molecule is CC[C@@H](C(=O)NC(C)(C)C)N(Cc1cccc(OC)c1)C(=O)COc1cc(OC)cc(OC)c1. The molecule has 0 saturated heterocycles. The van der Waals surface area contributed by atoms with Gasteiger partial charge < -0.3 is 29.2 Å². The van der Waals surface area contributed by atoms with Crippen molar-refractivity contribution in [1.29, 1.82) is 0 Å². The molecule has 0 aliphatic carbocycles. The van der Waals surface area contributed by atoms with Crippen molar-refractivity contribution in [3.8, 4) is 23.0 Å². The predicted molar refractivity (Wildman–Crippen MR) is 131 cm³/mol. The zero-order valence-corrected chi connectivity index (χ0v) is 21.1. The summed E-state index contributed by atoms with van der Waals surface area (Å²) in [5, 5.41) is 2.99. The molecule has 8 heteroatoms. The number of amides is 2. The highest BCUT2D eigenvalue weighted by atomic mass is 16.5. The van der Waals surface area contributed by atoms with Crippen molar-refractivity contribution >= 4 is 11.8 Å². The largest absolute Gasteiger partial charge is 0.497 e. The van der Waals surface area contributed by atoms with E-state index in [0.29, 0.717) is 29.4 Å². The fourth-order valence-electron chi connectivity index (χ4n) is 3.43. The molecule has 1 N–H and O–H groups in total. The first-order valence-corrected chi connectivity index (χ1v) is 11.2. The Hall–Kier alpha value is -3.42. The molecule has 0 aliphatic heterocycles. The summed E-state index contributed by atoms with van der Waals surface area (Å²) in [4.78, 5) is 28.0. The topological polar surface area (TPSA) is 86.3 Å². The third-order valence-electron chi connectivity index (χ3n) is 5.06. The fourth-order valence-corrected chi connectivity index (χ4v) is 3.43. The van der Waals surface area contributed by atoms with Gasteiger partial charge in [-0.05, 0) is 44.9 Å². The van der Waals surface area contributed by atoms with Crippen LogP contribution in [0.25, 0.3) is 0 Å². The van der Waals surface area contributed by atoms with E-state index >= 15 is 0 Å². The Morgan fingerprint density at radius 2 is 1.50 bits per heavy atom. The van der Waals surface area contributed by atoms with Crippen molar-refractivity contribution in [3.63, 3.8) is 0 Å². The van der Waals surface area contributed by atoms with E-state index in [2.05, 4.69) is 5.32 Å². The molecule has 0 heterocycles. The van der Waals surface area contributed by atoms with Gasteiger partial charge >= 0.3 is 0 Å². The summed E-state index contributed by atoms with van der Waals surface area (Å²) in [6.45, 7) is 7.59. The van der Waals surface area contributed by atoms with Gasteiger partial charge in [0.1, 0.15) is 29.0 Å². The lowest BCUT2D eigenvalue weighted by Gasteiger charge is -2.33. The molecule has 0 saturated carbocycles. The molecule has 0 bridgehead atoms. The highest BCUT2D eigenvalue weighted by Crippen LogP contribution is 2.27. The lowest BCUT2D eigenvalue weighted by atomic mass is 10.1. The molecular weight excluding hydrogens is 436 g/mol. The molecule has 0 radical (unpaired) electrons. The lowest BCUT2D eigenvalue weighted by molar-refractivity contribution is -0.143. The van der Waals surface area contributed by atoms with Crippen LogP contribution in [0.5, 0.6) is 23.0 Å². The van der Waals surface area contributed by atoms with Crippen LogP contribution in [0.4, 0.5) is 0 Å². The van der Waals surface area contributed by atoms with Crippen LogP contribution in [-0.4, -0.2) is 56.2 Å².